The molecular formula is C36H49N3O4. The fraction of sp³-hybridized carbons (Fsp3) is 0.528. The van der Waals surface area contributed by atoms with E-state index in [9.17, 15) is 19.5 Å². The van der Waals surface area contributed by atoms with Crippen molar-refractivity contribution in [3.8, 4) is 0 Å². The Kier molecular flexibility index (Phi) is 10.8. The van der Waals surface area contributed by atoms with Crippen molar-refractivity contribution in [3.05, 3.63) is 75.9 Å². The minimum Gasteiger partial charge on any atom is -0.394 e. The topological polar surface area (TPSA) is 98.7 Å². The standard InChI is InChI=1S/C36H49N3O4/c1-7-27-11-9-12-28(19-27)20-39(32(21-40)34(41)38-31-13-8-10-24(4)25(31)5)36(43)26(6)33(29-14-15-29)35(42)37-30-17-22(2)16-23(3)18-30/h9,11-12,16-19,24-25,29,31-32,40H,7-8,10,13-15,20-21H2,1-6H3,(H,37,42)(H,38,41)/b33-26-. The zero-order chi connectivity index (χ0) is 31.3. The Morgan fingerprint density at radius 3 is 2.28 bits per heavy atom. The highest BCUT2D eigenvalue weighted by Gasteiger charge is 2.38. The second-order valence-electron chi connectivity index (χ2n) is 12.8. The van der Waals surface area contributed by atoms with Crippen molar-refractivity contribution in [1.29, 1.82) is 0 Å². The molecule has 0 aliphatic heterocycles. The van der Waals surface area contributed by atoms with Crippen LogP contribution in [0.25, 0.3) is 0 Å². The molecule has 0 bridgehead atoms. The van der Waals surface area contributed by atoms with Crippen LogP contribution in [-0.4, -0.2) is 46.4 Å². The van der Waals surface area contributed by atoms with Gasteiger partial charge in [-0.3, -0.25) is 14.4 Å². The van der Waals surface area contributed by atoms with Crippen LogP contribution in [0.4, 0.5) is 5.69 Å². The smallest absolute Gasteiger partial charge is 0.252 e. The van der Waals surface area contributed by atoms with Gasteiger partial charge in [-0.05, 0) is 98.6 Å². The molecule has 7 nitrogen and oxygen atoms in total. The minimum absolute atomic E-state index is 0.00657. The van der Waals surface area contributed by atoms with Gasteiger partial charge in [0.05, 0.1) is 6.61 Å². The summed E-state index contributed by atoms with van der Waals surface area (Å²) in [5.41, 5.74) is 5.55. The van der Waals surface area contributed by atoms with Crippen LogP contribution in [0.3, 0.4) is 0 Å². The molecule has 4 unspecified atom stereocenters. The Morgan fingerprint density at radius 2 is 1.65 bits per heavy atom. The number of carbonyl (C=O) groups is 3. The van der Waals surface area contributed by atoms with E-state index in [1.165, 1.54) is 4.90 Å². The number of aliphatic hydroxyl groups excluding tert-OH is 1. The molecule has 4 rings (SSSR count). The first-order valence-electron chi connectivity index (χ1n) is 15.9. The molecule has 0 saturated heterocycles. The van der Waals surface area contributed by atoms with Crippen LogP contribution in [0.2, 0.25) is 0 Å². The maximum Gasteiger partial charge on any atom is 0.252 e. The van der Waals surface area contributed by atoms with E-state index in [1.807, 2.05) is 56.3 Å². The highest BCUT2D eigenvalue weighted by Crippen LogP contribution is 2.39. The molecule has 7 heteroatoms. The molecule has 0 radical (unpaired) electrons. The second-order valence-corrected chi connectivity index (χ2v) is 12.8. The number of hydrogen-bond donors (Lipinski definition) is 3. The number of aliphatic hydroxyl groups is 1. The molecule has 3 N–H and O–H groups in total. The van der Waals surface area contributed by atoms with Crippen LogP contribution in [0.5, 0.6) is 0 Å². The molecule has 0 aromatic heterocycles. The summed E-state index contributed by atoms with van der Waals surface area (Å²) in [6.07, 6.45) is 5.56. The van der Waals surface area contributed by atoms with Gasteiger partial charge in [-0.2, -0.15) is 0 Å². The third kappa shape index (κ3) is 8.14. The van der Waals surface area contributed by atoms with Crippen molar-refractivity contribution in [2.45, 2.75) is 98.7 Å². The van der Waals surface area contributed by atoms with Crippen molar-refractivity contribution in [2.24, 2.45) is 17.8 Å². The lowest BCUT2D eigenvalue weighted by atomic mass is 9.78. The zero-order valence-electron chi connectivity index (χ0n) is 26.7. The van der Waals surface area contributed by atoms with Gasteiger partial charge in [0.25, 0.3) is 11.8 Å². The van der Waals surface area contributed by atoms with Crippen molar-refractivity contribution in [2.75, 3.05) is 11.9 Å². The van der Waals surface area contributed by atoms with E-state index in [4.69, 9.17) is 0 Å². The lowest BCUT2D eigenvalue weighted by molar-refractivity contribution is -0.141. The first kappa shape index (κ1) is 32.5. The molecule has 0 heterocycles. The summed E-state index contributed by atoms with van der Waals surface area (Å²) >= 11 is 0. The van der Waals surface area contributed by atoms with Gasteiger partial charge in [-0.25, -0.2) is 0 Å². The molecule has 2 aromatic carbocycles. The van der Waals surface area contributed by atoms with E-state index >= 15 is 0 Å². The molecular weight excluding hydrogens is 538 g/mol. The lowest BCUT2D eigenvalue weighted by Gasteiger charge is -2.37. The molecule has 3 amide bonds. The fourth-order valence-corrected chi connectivity index (χ4v) is 6.47. The third-order valence-electron chi connectivity index (χ3n) is 9.33. The summed E-state index contributed by atoms with van der Waals surface area (Å²) in [5, 5.41) is 16.8. The van der Waals surface area contributed by atoms with Crippen molar-refractivity contribution in [1.82, 2.24) is 10.2 Å². The van der Waals surface area contributed by atoms with E-state index in [1.54, 1.807) is 6.92 Å². The van der Waals surface area contributed by atoms with Gasteiger partial charge >= 0.3 is 0 Å². The van der Waals surface area contributed by atoms with E-state index < -0.39 is 18.6 Å². The second kappa shape index (κ2) is 14.3. The van der Waals surface area contributed by atoms with Crippen LogP contribution in [0.15, 0.2) is 53.6 Å². The number of carbonyl (C=O) groups excluding carboxylic acids is 3. The Hall–Kier alpha value is -3.45. The highest BCUT2D eigenvalue weighted by atomic mass is 16.3. The maximum absolute atomic E-state index is 14.4. The van der Waals surface area contributed by atoms with Crippen LogP contribution in [-0.2, 0) is 27.3 Å². The highest BCUT2D eigenvalue weighted by molar-refractivity contribution is 6.11. The van der Waals surface area contributed by atoms with E-state index in [-0.39, 0.29) is 30.3 Å². The Balaban J connectivity index is 1.67. The molecule has 2 fully saturated rings. The van der Waals surface area contributed by atoms with Crippen LogP contribution in [0.1, 0.15) is 82.1 Å². The minimum atomic E-state index is -1.08. The summed E-state index contributed by atoms with van der Waals surface area (Å²) in [6, 6.07) is 12.7. The Morgan fingerprint density at radius 1 is 0.977 bits per heavy atom. The number of benzene rings is 2. The largest absolute Gasteiger partial charge is 0.394 e. The quantitative estimate of drug-likeness (QED) is 0.287. The summed E-state index contributed by atoms with van der Waals surface area (Å²) in [6.45, 7) is 11.7. The Labute approximate surface area is 257 Å². The van der Waals surface area contributed by atoms with Crippen molar-refractivity contribution < 1.29 is 19.5 Å². The number of nitrogens with zero attached hydrogens (tertiary/aromatic N) is 1. The van der Waals surface area contributed by atoms with E-state index in [0.717, 1.165) is 60.8 Å². The van der Waals surface area contributed by atoms with Gasteiger partial charge in [0.15, 0.2) is 0 Å². The van der Waals surface area contributed by atoms with Crippen molar-refractivity contribution >= 4 is 23.4 Å². The third-order valence-corrected chi connectivity index (χ3v) is 9.33. The predicted octanol–water partition coefficient (Wildman–Crippen LogP) is 5.86. The summed E-state index contributed by atoms with van der Waals surface area (Å²) < 4.78 is 0. The normalized spacial score (nSPS) is 21.4. The monoisotopic (exact) mass is 587 g/mol. The SMILES string of the molecule is CCc1cccc(CN(C(=O)/C(C)=C(\C(=O)Nc2cc(C)cc(C)c2)C2CC2)C(CO)C(=O)NC2CCCC(C)C2C)c1. The van der Waals surface area contributed by atoms with E-state index in [2.05, 4.69) is 31.4 Å². The maximum atomic E-state index is 14.4. The number of hydrogen-bond acceptors (Lipinski definition) is 4. The average Bonchev–Trinajstić information content (AvgIpc) is 3.79. The number of anilines is 1. The molecule has 2 aliphatic carbocycles. The summed E-state index contributed by atoms with van der Waals surface area (Å²) in [5.74, 6) is -0.262. The van der Waals surface area contributed by atoms with Crippen LogP contribution < -0.4 is 10.6 Å². The molecule has 2 aliphatic rings. The summed E-state index contributed by atoms with van der Waals surface area (Å²) in [4.78, 5) is 43.2. The predicted molar refractivity (Wildman–Crippen MR) is 171 cm³/mol. The van der Waals surface area contributed by atoms with Crippen LogP contribution >= 0.6 is 0 Å². The van der Waals surface area contributed by atoms with Gasteiger partial charge in [-0.1, -0.05) is 63.9 Å². The summed E-state index contributed by atoms with van der Waals surface area (Å²) in [7, 11) is 0. The van der Waals surface area contributed by atoms with Gasteiger partial charge in [0.2, 0.25) is 5.91 Å². The van der Waals surface area contributed by atoms with E-state index in [0.29, 0.717) is 28.7 Å². The number of rotatable bonds is 11. The molecule has 4 atom stereocenters. The van der Waals surface area contributed by atoms with Gasteiger partial charge < -0.3 is 20.6 Å². The lowest BCUT2D eigenvalue weighted by Crippen LogP contribution is -2.55. The number of amides is 3. The number of nitrogens with one attached hydrogen (secondary N) is 2. The first-order chi connectivity index (χ1) is 20.5. The fourth-order valence-electron chi connectivity index (χ4n) is 6.47. The van der Waals surface area contributed by atoms with Crippen molar-refractivity contribution in [3.63, 3.8) is 0 Å². The average molecular weight is 588 g/mol. The van der Waals surface area contributed by atoms with Gasteiger partial charge in [0.1, 0.15) is 6.04 Å². The molecule has 2 aromatic rings. The van der Waals surface area contributed by atoms with Gasteiger partial charge in [0, 0.05) is 29.4 Å². The zero-order valence-corrected chi connectivity index (χ0v) is 26.7. The first-order valence-corrected chi connectivity index (χ1v) is 15.9. The van der Waals surface area contributed by atoms with Gasteiger partial charge in [-0.15, -0.1) is 0 Å². The van der Waals surface area contributed by atoms with Crippen LogP contribution in [0, 0.1) is 31.6 Å². The molecule has 43 heavy (non-hydrogen) atoms. The molecule has 232 valence electrons. The molecule has 0 spiro atoms. The molecule has 2 saturated carbocycles. The number of aryl methyl sites for hydroxylation is 3. The Bertz CT molecular complexity index is 1340.